The first-order valence-corrected chi connectivity index (χ1v) is 8.45. The molecule has 1 saturated heterocycles. The number of amides is 2. The summed E-state index contributed by atoms with van der Waals surface area (Å²) in [4.78, 5) is 29.6. The molecule has 22 heavy (non-hydrogen) atoms. The summed E-state index contributed by atoms with van der Waals surface area (Å²) in [6.45, 7) is 7.47. The first-order chi connectivity index (χ1) is 10.5. The number of hydrogen-bond acceptors (Lipinski definition) is 5. The number of likely N-dealkylation sites (N-methyl/N-ethyl adjacent to an activating group) is 1. The first kappa shape index (κ1) is 15.2. The topological polar surface area (TPSA) is 49.9 Å². The molecule has 0 radical (unpaired) electrons. The van der Waals surface area contributed by atoms with Gasteiger partial charge in [-0.1, -0.05) is 6.07 Å². The van der Waals surface area contributed by atoms with Crippen LogP contribution < -0.4 is 0 Å². The van der Waals surface area contributed by atoms with Gasteiger partial charge in [-0.15, -0.1) is 11.3 Å². The van der Waals surface area contributed by atoms with Crippen LogP contribution in [0.1, 0.15) is 25.6 Å². The highest BCUT2D eigenvalue weighted by Gasteiger charge is 2.42. The maximum Gasteiger partial charge on any atom is 0.277 e. The lowest BCUT2D eigenvalue weighted by atomic mass is 10.1. The summed E-state index contributed by atoms with van der Waals surface area (Å²) in [5.41, 5.74) is 1.08. The molecular formula is C16H20N2O3S. The van der Waals surface area contributed by atoms with Crippen LogP contribution in [0, 0.1) is 0 Å². The van der Waals surface area contributed by atoms with Gasteiger partial charge in [-0.05, 0) is 32.2 Å². The molecule has 3 heterocycles. The van der Waals surface area contributed by atoms with Gasteiger partial charge in [-0.3, -0.25) is 14.5 Å². The average Bonchev–Trinajstić information content (AvgIpc) is 3.04. The van der Waals surface area contributed by atoms with Crippen molar-refractivity contribution in [2.45, 2.75) is 33.0 Å². The number of rotatable bonds is 3. The third-order valence-corrected chi connectivity index (χ3v) is 4.85. The van der Waals surface area contributed by atoms with Gasteiger partial charge in [0, 0.05) is 24.5 Å². The van der Waals surface area contributed by atoms with Crippen molar-refractivity contribution in [2.24, 2.45) is 0 Å². The zero-order valence-corrected chi connectivity index (χ0v) is 13.9. The zero-order valence-electron chi connectivity index (χ0n) is 13.0. The standard InChI is InChI=1S/C16H20N2O3S/c1-4-18-15(19)13(12-6-5-7-22-12)14(16(18)20)17-8-10(2)21-11(3)9-17/h5-7,10-11H,4,8-9H2,1-3H3. The fourth-order valence-electron chi connectivity index (χ4n) is 3.15. The van der Waals surface area contributed by atoms with Crippen LogP contribution in [-0.2, 0) is 14.3 Å². The Kier molecular flexibility index (Phi) is 4.06. The fraction of sp³-hybridized carbons (Fsp3) is 0.500. The van der Waals surface area contributed by atoms with Gasteiger partial charge in [-0.25, -0.2) is 0 Å². The Morgan fingerprint density at radius 1 is 1.23 bits per heavy atom. The Hall–Kier alpha value is -1.66. The van der Waals surface area contributed by atoms with E-state index in [9.17, 15) is 9.59 Å². The van der Waals surface area contributed by atoms with E-state index in [1.54, 1.807) is 0 Å². The molecule has 0 saturated carbocycles. The lowest BCUT2D eigenvalue weighted by molar-refractivity contribution is -0.138. The normalized spacial score (nSPS) is 26.3. The molecule has 1 aromatic rings. The van der Waals surface area contributed by atoms with Gasteiger partial charge in [0.2, 0.25) is 0 Å². The van der Waals surface area contributed by atoms with Gasteiger partial charge >= 0.3 is 0 Å². The Morgan fingerprint density at radius 2 is 1.91 bits per heavy atom. The van der Waals surface area contributed by atoms with Crippen LogP contribution in [0.5, 0.6) is 0 Å². The maximum absolute atomic E-state index is 12.7. The number of carbonyl (C=O) groups is 2. The van der Waals surface area contributed by atoms with Crippen molar-refractivity contribution < 1.29 is 14.3 Å². The zero-order chi connectivity index (χ0) is 15.9. The second-order valence-corrected chi connectivity index (χ2v) is 6.67. The van der Waals surface area contributed by atoms with E-state index in [-0.39, 0.29) is 24.0 Å². The van der Waals surface area contributed by atoms with Crippen LogP contribution in [0.15, 0.2) is 23.2 Å². The molecule has 1 fully saturated rings. The van der Waals surface area contributed by atoms with Gasteiger partial charge in [0.05, 0.1) is 17.8 Å². The molecule has 0 aliphatic carbocycles. The Balaban J connectivity index is 2.06. The molecule has 1 aromatic heterocycles. The Bertz CT molecular complexity index is 613. The van der Waals surface area contributed by atoms with E-state index >= 15 is 0 Å². The lowest BCUT2D eigenvalue weighted by Crippen LogP contribution is -2.46. The number of hydrogen-bond donors (Lipinski definition) is 0. The smallest absolute Gasteiger partial charge is 0.277 e. The van der Waals surface area contributed by atoms with E-state index in [1.165, 1.54) is 16.2 Å². The fourth-order valence-corrected chi connectivity index (χ4v) is 3.91. The van der Waals surface area contributed by atoms with Crippen molar-refractivity contribution in [1.82, 2.24) is 9.80 Å². The molecule has 2 aliphatic rings. The number of imide groups is 1. The molecular weight excluding hydrogens is 300 g/mol. The number of thiophene rings is 1. The minimum Gasteiger partial charge on any atom is -0.372 e. The predicted octanol–water partition coefficient (Wildman–Crippen LogP) is 1.96. The Morgan fingerprint density at radius 3 is 2.45 bits per heavy atom. The molecule has 0 spiro atoms. The highest BCUT2D eigenvalue weighted by Crippen LogP contribution is 2.34. The van der Waals surface area contributed by atoms with Crippen LogP contribution >= 0.6 is 11.3 Å². The van der Waals surface area contributed by atoms with Crippen LogP contribution in [0.4, 0.5) is 0 Å². The summed E-state index contributed by atoms with van der Waals surface area (Å²) in [5, 5.41) is 1.93. The van der Waals surface area contributed by atoms with Crippen molar-refractivity contribution >= 4 is 28.7 Å². The van der Waals surface area contributed by atoms with Crippen molar-refractivity contribution in [1.29, 1.82) is 0 Å². The van der Waals surface area contributed by atoms with Gasteiger partial charge in [0.15, 0.2) is 0 Å². The average molecular weight is 320 g/mol. The molecule has 0 N–H and O–H groups in total. The summed E-state index contributed by atoms with van der Waals surface area (Å²) in [7, 11) is 0. The van der Waals surface area contributed by atoms with Gasteiger partial charge in [0.25, 0.3) is 11.8 Å². The highest BCUT2D eigenvalue weighted by atomic mass is 32.1. The Labute approximate surface area is 134 Å². The largest absolute Gasteiger partial charge is 0.372 e. The van der Waals surface area contributed by atoms with E-state index in [0.29, 0.717) is 30.9 Å². The quantitative estimate of drug-likeness (QED) is 0.799. The molecule has 3 rings (SSSR count). The third-order valence-electron chi connectivity index (χ3n) is 3.96. The second kappa shape index (κ2) is 5.85. The minimum atomic E-state index is -0.184. The van der Waals surface area contributed by atoms with Gasteiger partial charge in [0.1, 0.15) is 5.70 Å². The van der Waals surface area contributed by atoms with Gasteiger partial charge < -0.3 is 9.64 Å². The van der Waals surface area contributed by atoms with E-state index in [0.717, 1.165) is 4.88 Å². The SMILES string of the molecule is CCN1C(=O)C(c2cccs2)=C(N2CC(C)OC(C)C2)C1=O. The number of carbonyl (C=O) groups excluding carboxylic acids is 2. The molecule has 2 aliphatic heterocycles. The molecule has 2 unspecified atom stereocenters. The lowest BCUT2D eigenvalue weighted by Gasteiger charge is -2.37. The molecule has 6 heteroatoms. The molecule has 2 atom stereocenters. The molecule has 5 nitrogen and oxygen atoms in total. The molecule has 118 valence electrons. The van der Waals surface area contributed by atoms with Crippen molar-refractivity contribution in [3.8, 4) is 0 Å². The van der Waals surface area contributed by atoms with Crippen molar-refractivity contribution in [3.63, 3.8) is 0 Å². The third kappa shape index (κ3) is 2.46. The maximum atomic E-state index is 12.7. The van der Waals surface area contributed by atoms with Crippen LogP contribution in [0.3, 0.4) is 0 Å². The molecule has 0 bridgehead atoms. The van der Waals surface area contributed by atoms with Crippen molar-refractivity contribution in [3.05, 3.63) is 28.1 Å². The number of morpholine rings is 1. The summed E-state index contributed by atoms with van der Waals surface area (Å²) in [5.74, 6) is -0.367. The summed E-state index contributed by atoms with van der Waals surface area (Å²) in [6, 6.07) is 3.80. The minimum absolute atomic E-state index is 0.0411. The highest BCUT2D eigenvalue weighted by molar-refractivity contribution is 7.11. The summed E-state index contributed by atoms with van der Waals surface area (Å²) >= 11 is 1.49. The van der Waals surface area contributed by atoms with Crippen LogP contribution in [0.2, 0.25) is 0 Å². The molecule has 2 amide bonds. The number of nitrogens with zero attached hydrogens (tertiary/aromatic N) is 2. The predicted molar refractivity (Wildman–Crippen MR) is 85.2 cm³/mol. The number of ether oxygens (including phenoxy) is 1. The van der Waals surface area contributed by atoms with E-state index in [2.05, 4.69) is 0 Å². The summed E-state index contributed by atoms with van der Waals surface area (Å²) < 4.78 is 5.75. The summed E-state index contributed by atoms with van der Waals surface area (Å²) in [6.07, 6.45) is 0.0822. The van der Waals surface area contributed by atoms with Gasteiger partial charge in [-0.2, -0.15) is 0 Å². The van der Waals surface area contributed by atoms with E-state index < -0.39 is 0 Å². The van der Waals surface area contributed by atoms with E-state index in [4.69, 9.17) is 4.74 Å². The van der Waals surface area contributed by atoms with Crippen LogP contribution in [0.25, 0.3) is 5.57 Å². The monoisotopic (exact) mass is 320 g/mol. The van der Waals surface area contributed by atoms with Crippen molar-refractivity contribution in [2.75, 3.05) is 19.6 Å². The second-order valence-electron chi connectivity index (χ2n) is 5.72. The van der Waals surface area contributed by atoms with E-state index in [1.807, 2.05) is 43.2 Å². The van der Waals surface area contributed by atoms with Crippen LogP contribution in [-0.4, -0.2) is 53.5 Å². The molecule has 0 aromatic carbocycles. The first-order valence-electron chi connectivity index (χ1n) is 7.57.